The van der Waals surface area contributed by atoms with Crippen molar-refractivity contribution in [3.05, 3.63) is 34.3 Å². The third-order valence-electron chi connectivity index (χ3n) is 2.08. The molecule has 0 aliphatic heterocycles. The fourth-order valence-electron chi connectivity index (χ4n) is 1.26. The van der Waals surface area contributed by atoms with Crippen molar-refractivity contribution >= 4 is 15.9 Å². The summed E-state index contributed by atoms with van der Waals surface area (Å²) in [6.07, 6.45) is 5.28. The Hall–Kier alpha value is -0.780. The molecule has 1 aromatic carbocycles. The van der Waals surface area contributed by atoms with Gasteiger partial charge in [-0.2, -0.15) is 0 Å². The Morgan fingerprint density at radius 3 is 2.50 bits per heavy atom. The minimum absolute atomic E-state index is 0.715. The summed E-state index contributed by atoms with van der Waals surface area (Å²) >= 11 is 3.41. The normalized spacial score (nSPS) is 10.1. The monoisotopic (exact) mass is 251 g/mol. The standard InChI is InChI=1S/C12H14BrN/c1-3-9-14(4-2)10-11-5-7-12(13)8-6-11/h1,5-8H,4,9-10H2,2H3. The van der Waals surface area contributed by atoms with E-state index in [9.17, 15) is 0 Å². The third kappa shape index (κ3) is 3.53. The Morgan fingerprint density at radius 2 is 2.00 bits per heavy atom. The second-order valence-electron chi connectivity index (χ2n) is 3.13. The van der Waals surface area contributed by atoms with Crippen molar-refractivity contribution in [1.82, 2.24) is 4.90 Å². The van der Waals surface area contributed by atoms with E-state index in [0.29, 0.717) is 6.54 Å². The van der Waals surface area contributed by atoms with Crippen molar-refractivity contribution in [3.8, 4) is 12.3 Å². The van der Waals surface area contributed by atoms with Gasteiger partial charge in [0.15, 0.2) is 0 Å². The van der Waals surface area contributed by atoms with Gasteiger partial charge in [-0.1, -0.05) is 40.9 Å². The van der Waals surface area contributed by atoms with Gasteiger partial charge in [-0.25, -0.2) is 0 Å². The quantitative estimate of drug-likeness (QED) is 0.745. The summed E-state index contributed by atoms with van der Waals surface area (Å²) < 4.78 is 1.11. The highest BCUT2D eigenvalue weighted by molar-refractivity contribution is 9.10. The van der Waals surface area contributed by atoms with Crippen LogP contribution in [0.2, 0.25) is 0 Å². The van der Waals surface area contributed by atoms with Gasteiger partial charge in [0.2, 0.25) is 0 Å². The molecule has 14 heavy (non-hydrogen) atoms. The lowest BCUT2D eigenvalue weighted by Gasteiger charge is -2.17. The van der Waals surface area contributed by atoms with E-state index in [1.54, 1.807) is 0 Å². The smallest absolute Gasteiger partial charge is 0.0601 e. The predicted octanol–water partition coefficient (Wildman–Crippen LogP) is 2.90. The maximum absolute atomic E-state index is 5.28. The van der Waals surface area contributed by atoms with Crippen LogP contribution >= 0.6 is 15.9 Å². The highest BCUT2D eigenvalue weighted by atomic mass is 79.9. The molecule has 74 valence electrons. The first-order valence-corrected chi connectivity index (χ1v) is 5.45. The molecule has 0 heterocycles. The van der Waals surface area contributed by atoms with Gasteiger partial charge in [-0.3, -0.25) is 4.90 Å². The maximum atomic E-state index is 5.28. The molecule has 0 amide bonds. The van der Waals surface area contributed by atoms with Crippen LogP contribution < -0.4 is 0 Å². The van der Waals surface area contributed by atoms with Crippen LogP contribution in [-0.2, 0) is 6.54 Å². The lowest BCUT2D eigenvalue weighted by atomic mass is 10.2. The van der Waals surface area contributed by atoms with E-state index in [2.05, 4.69) is 57.9 Å². The molecule has 0 unspecified atom stereocenters. The van der Waals surface area contributed by atoms with Crippen LogP contribution in [0.15, 0.2) is 28.7 Å². The van der Waals surface area contributed by atoms with Crippen LogP contribution in [0.25, 0.3) is 0 Å². The number of hydrogen-bond acceptors (Lipinski definition) is 1. The molecule has 1 aromatic rings. The molecular weight excluding hydrogens is 238 g/mol. The fraction of sp³-hybridized carbons (Fsp3) is 0.333. The van der Waals surface area contributed by atoms with Crippen molar-refractivity contribution in [1.29, 1.82) is 0 Å². The van der Waals surface area contributed by atoms with E-state index in [1.165, 1.54) is 5.56 Å². The largest absolute Gasteiger partial charge is 0.288 e. The molecule has 0 saturated heterocycles. The molecular formula is C12H14BrN. The van der Waals surface area contributed by atoms with Crippen molar-refractivity contribution in [2.24, 2.45) is 0 Å². The van der Waals surface area contributed by atoms with Gasteiger partial charge in [0.25, 0.3) is 0 Å². The number of hydrogen-bond donors (Lipinski definition) is 0. The van der Waals surface area contributed by atoms with Crippen LogP contribution in [0.5, 0.6) is 0 Å². The van der Waals surface area contributed by atoms with Crippen molar-refractivity contribution in [3.63, 3.8) is 0 Å². The molecule has 1 rings (SSSR count). The van der Waals surface area contributed by atoms with Gasteiger partial charge in [0.1, 0.15) is 0 Å². The van der Waals surface area contributed by atoms with Gasteiger partial charge < -0.3 is 0 Å². The van der Waals surface area contributed by atoms with Crippen LogP contribution in [0, 0.1) is 12.3 Å². The number of nitrogens with zero attached hydrogens (tertiary/aromatic N) is 1. The second kappa shape index (κ2) is 5.85. The average molecular weight is 252 g/mol. The molecule has 1 nitrogen and oxygen atoms in total. The first kappa shape index (κ1) is 11.3. The van der Waals surface area contributed by atoms with Crippen LogP contribution in [0.3, 0.4) is 0 Å². The van der Waals surface area contributed by atoms with Gasteiger partial charge >= 0.3 is 0 Å². The zero-order valence-electron chi connectivity index (χ0n) is 8.33. The van der Waals surface area contributed by atoms with Crippen LogP contribution in [0.4, 0.5) is 0 Å². The number of halogens is 1. The number of rotatable bonds is 4. The molecule has 0 aliphatic carbocycles. The fourth-order valence-corrected chi connectivity index (χ4v) is 1.52. The summed E-state index contributed by atoms with van der Waals surface area (Å²) in [7, 11) is 0. The summed E-state index contributed by atoms with van der Waals surface area (Å²) in [4.78, 5) is 2.23. The Kier molecular flexibility index (Phi) is 4.72. The summed E-state index contributed by atoms with van der Waals surface area (Å²) in [6, 6.07) is 8.34. The van der Waals surface area contributed by atoms with Crippen molar-refractivity contribution < 1.29 is 0 Å². The molecule has 0 bridgehead atoms. The van der Waals surface area contributed by atoms with E-state index >= 15 is 0 Å². The molecule has 0 N–H and O–H groups in total. The Balaban J connectivity index is 2.59. The van der Waals surface area contributed by atoms with E-state index < -0.39 is 0 Å². The van der Waals surface area contributed by atoms with Crippen molar-refractivity contribution in [2.45, 2.75) is 13.5 Å². The van der Waals surface area contributed by atoms with E-state index in [1.807, 2.05) is 0 Å². The predicted molar refractivity (Wildman–Crippen MR) is 63.9 cm³/mol. The van der Waals surface area contributed by atoms with Gasteiger partial charge in [0, 0.05) is 11.0 Å². The van der Waals surface area contributed by atoms with Gasteiger partial charge in [0.05, 0.1) is 6.54 Å². The van der Waals surface area contributed by atoms with E-state index in [-0.39, 0.29) is 0 Å². The minimum Gasteiger partial charge on any atom is -0.288 e. The average Bonchev–Trinajstić information content (AvgIpc) is 2.20. The number of benzene rings is 1. The molecule has 0 fully saturated rings. The second-order valence-corrected chi connectivity index (χ2v) is 4.05. The van der Waals surface area contributed by atoms with Crippen LogP contribution in [-0.4, -0.2) is 18.0 Å². The van der Waals surface area contributed by atoms with E-state index in [4.69, 9.17) is 6.42 Å². The molecule has 0 radical (unpaired) electrons. The highest BCUT2D eigenvalue weighted by Gasteiger charge is 2.01. The SMILES string of the molecule is C#CCN(CC)Cc1ccc(Br)cc1. The molecule has 0 aliphatic rings. The topological polar surface area (TPSA) is 3.24 Å². The van der Waals surface area contributed by atoms with Gasteiger partial charge in [-0.05, 0) is 24.2 Å². The Morgan fingerprint density at radius 1 is 1.36 bits per heavy atom. The van der Waals surface area contributed by atoms with Crippen LogP contribution in [0.1, 0.15) is 12.5 Å². The van der Waals surface area contributed by atoms with Crippen molar-refractivity contribution in [2.75, 3.05) is 13.1 Å². The highest BCUT2D eigenvalue weighted by Crippen LogP contribution is 2.11. The molecule has 0 atom stereocenters. The molecule has 2 heteroatoms. The molecule has 0 saturated carbocycles. The minimum atomic E-state index is 0.715. The summed E-state index contributed by atoms with van der Waals surface area (Å²) in [5, 5.41) is 0. The first-order chi connectivity index (χ1) is 6.76. The summed E-state index contributed by atoms with van der Waals surface area (Å²) in [5.41, 5.74) is 1.30. The van der Waals surface area contributed by atoms with Gasteiger partial charge in [-0.15, -0.1) is 6.42 Å². The number of terminal acetylenes is 1. The molecule has 0 aromatic heterocycles. The van der Waals surface area contributed by atoms with E-state index in [0.717, 1.165) is 17.6 Å². The lowest BCUT2D eigenvalue weighted by Crippen LogP contribution is -2.22. The third-order valence-corrected chi connectivity index (χ3v) is 2.61. The Bertz CT molecular complexity index is 310. The first-order valence-electron chi connectivity index (χ1n) is 4.66. The Labute approximate surface area is 94.2 Å². The summed E-state index contributed by atoms with van der Waals surface area (Å²) in [5.74, 6) is 2.67. The maximum Gasteiger partial charge on any atom is 0.0601 e. The lowest BCUT2D eigenvalue weighted by molar-refractivity contribution is 0.316. The zero-order valence-corrected chi connectivity index (χ0v) is 9.92. The zero-order chi connectivity index (χ0) is 10.4. The molecule has 0 spiro atoms. The summed E-state index contributed by atoms with van der Waals surface area (Å²) in [6.45, 7) is 4.75.